The van der Waals surface area contributed by atoms with E-state index in [2.05, 4.69) is 17.0 Å². The van der Waals surface area contributed by atoms with E-state index in [0.29, 0.717) is 28.9 Å². The van der Waals surface area contributed by atoms with Crippen LogP contribution in [-0.2, 0) is 0 Å². The van der Waals surface area contributed by atoms with Crippen molar-refractivity contribution >= 4 is 17.3 Å². The van der Waals surface area contributed by atoms with Crippen molar-refractivity contribution in [3.05, 3.63) is 81.9 Å². The Bertz CT molecular complexity index is 1100. The lowest BCUT2D eigenvalue weighted by Gasteiger charge is -2.33. The zero-order valence-corrected chi connectivity index (χ0v) is 21.5. The largest absolute Gasteiger partial charge is 0.489 e. The molecule has 3 aromatic rings. The maximum Gasteiger partial charge on any atom is 0.141 e. The zero-order chi connectivity index (χ0) is 24.9. The number of hydrogen-bond donors (Lipinski definition) is 2. The summed E-state index contributed by atoms with van der Waals surface area (Å²) >= 11 is 6.47. The lowest BCUT2D eigenvalue weighted by molar-refractivity contribution is 0.0592. The fourth-order valence-corrected chi connectivity index (χ4v) is 4.99. The third-order valence-corrected chi connectivity index (χ3v) is 7.50. The minimum Gasteiger partial charge on any atom is -0.489 e. The highest BCUT2D eigenvalue weighted by Crippen LogP contribution is 2.38. The number of nitrogens with zero attached hydrogens (tertiary/aromatic N) is 1. The van der Waals surface area contributed by atoms with Gasteiger partial charge >= 0.3 is 0 Å². The second-order valence-electron chi connectivity index (χ2n) is 9.46. The molecule has 1 aliphatic heterocycles. The Kier molecular flexibility index (Phi) is 8.22. The van der Waals surface area contributed by atoms with Crippen molar-refractivity contribution in [3.63, 3.8) is 0 Å². The van der Waals surface area contributed by atoms with E-state index < -0.39 is 6.10 Å². The Morgan fingerprint density at radius 3 is 2.23 bits per heavy atom. The van der Waals surface area contributed by atoms with Gasteiger partial charge in [-0.25, -0.2) is 0 Å². The normalized spacial score (nSPS) is 15.7. The van der Waals surface area contributed by atoms with Gasteiger partial charge in [0.05, 0.1) is 5.02 Å². The van der Waals surface area contributed by atoms with E-state index in [-0.39, 0.29) is 6.61 Å². The topological polar surface area (TPSA) is 68.0 Å². The number of para-hydroxylation sites is 1. The molecule has 0 radical (unpaired) electrons. The summed E-state index contributed by atoms with van der Waals surface area (Å²) in [4.78, 5) is 2.31. The van der Waals surface area contributed by atoms with Crippen LogP contribution in [0.1, 0.15) is 41.0 Å². The third-order valence-electron chi connectivity index (χ3n) is 7.05. The molecule has 0 saturated carbocycles. The van der Waals surface area contributed by atoms with E-state index in [4.69, 9.17) is 26.8 Å². The number of piperidine rings is 1. The van der Waals surface area contributed by atoms with Crippen molar-refractivity contribution in [1.29, 1.82) is 0 Å². The molecule has 0 unspecified atom stereocenters. The van der Waals surface area contributed by atoms with Crippen molar-refractivity contribution in [2.24, 2.45) is 0 Å². The number of nitrogen functional groups attached to an aromatic ring is 1. The van der Waals surface area contributed by atoms with Crippen LogP contribution in [0, 0.1) is 20.8 Å². The van der Waals surface area contributed by atoms with Crippen LogP contribution in [0.25, 0.3) is 0 Å². The number of ether oxygens (including phenoxy) is 2. The summed E-state index contributed by atoms with van der Waals surface area (Å²) < 4.78 is 11.9. The molecule has 186 valence electrons. The van der Waals surface area contributed by atoms with Crippen LogP contribution >= 0.6 is 11.6 Å². The van der Waals surface area contributed by atoms with Gasteiger partial charge in [0.25, 0.3) is 0 Å². The van der Waals surface area contributed by atoms with E-state index in [1.807, 2.05) is 63.2 Å². The first kappa shape index (κ1) is 25.4. The third kappa shape index (κ3) is 6.10. The van der Waals surface area contributed by atoms with Gasteiger partial charge in [-0.2, -0.15) is 0 Å². The molecule has 3 aromatic carbocycles. The Labute approximate surface area is 213 Å². The quantitative estimate of drug-likeness (QED) is 0.362. The Morgan fingerprint density at radius 2 is 1.57 bits per heavy atom. The molecule has 1 aliphatic rings. The molecule has 6 heteroatoms. The SMILES string of the molecule is Cc1c(C)c(OC[C@@H](O)CN2CCC(c3ccc(Oc4ccccc4)cc3)CC2)c(Cl)c(C)c1N. The maximum atomic E-state index is 10.6. The van der Waals surface area contributed by atoms with Crippen molar-refractivity contribution < 1.29 is 14.6 Å². The summed E-state index contributed by atoms with van der Waals surface area (Å²) in [5.74, 6) is 2.83. The number of benzene rings is 3. The van der Waals surface area contributed by atoms with Crippen molar-refractivity contribution in [1.82, 2.24) is 4.90 Å². The average Bonchev–Trinajstić information content (AvgIpc) is 2.88. The fourth-order valence-electron chi connectivity index (χ4n) is 4.69. The van der Waals surface area contributed by atoms with Gasteiger partial charge in [-0.1, -0.05) is 41.9 Å². The maximum absolute atomic E-state index is 10.6. The molecule has 5 nitrogen and oxygen atoms in total. The van der Waals surface area contributed by atoms with Gasteiger partial charge in [0.2, 0.25) is 0 Å². The van der Waals surface area contributed by atoms with Gasteiger partial charge in [-0.15, -0.1) is 0 Å². The number of anilines is 1. The van der Waals surface area contributed by atoms with E-state index in [1.54, 1.807) is 0 Å². The molecule has 1 heterocycles. The van der Waals surface area contributed by atoms with E-state index in [0.717, 1.165) is 54.1 Å². The Hall–Kier alpha value is -2.73. The highest BCUT2D eigenvalue weighted by molar-refractivity contribution is 6.33. The van der Waals surface area contributed by atoms with Crippen molar-refractivity contribution in [2.45, 2.75) is 45.6 Å². The van der Waals surface area contributed by atoms with Crippen LogP contribution in [0.2, 0.25) is 5.02 Å². The minimum absolute atomic E-state index is 0.201. The summed E-state index contributed by atoms with van der Waals surface area (Å²) in [5, 5.41) is 11.2. The molecule has 1 fully saturated rings. The number of nitrogens with two attached hydrogens (primary N) is 1. The molecular weight excluding hydrogens is 460 g/mol. The second kappa shape index (κ2) is 11.3. The summed E-state index contributed by atoms with van der Waals surface area (Å²) in [6, 6.07) is 18.3. The summed E-state index contributed by atoms with van der Waals surface area (Å²) in [7, 11) is 0. The lowest BCUT2D eigenvalue weighted by atomic mass is 9.89. The van der Waals surface area contributed by atoms with Gasteiger partial charge in [-0.05, 0) is 99.1 Å². The number of hydrogen-bond acceptors (Lipinski definition) is 5. The predicted molar refractivity (Wildman–Crippen MR) is 143 cm³/mol. The van der Waals surface area contributed by atoms with Crippen LogP contribution in [0.15, 0.2) is 54.6 Å². The van der Waals surface area contributed by atoms with Crippen LogP contribution in [0.5, 0.6) is 17.2 Å². The first-order chi connectivity index (χ1) is 16.8. The number of β-amino-alcohol motifs (C(OH)–C–C–N with tert-alkyl or cyclic N) is 1. The summed E-state index contributed by atoms with van der Waals surface area (Å²) in [6.45, 7) is 8.48. The number of aliphatic hydroxyl groups is 1. The number of rotatable bonds is 8. The zero-order valence-electron chi connectivity index (χ0n) is 20.8. The summed E-state index contributed by atoms with van der Waals surface area (Å²) in [6.07, 6.45) is 1.54. The second-order valence-corrected chi connectivity index (χ2v) is 9.83. The van der Waals surface area contributed by atoms with E-state index in [1.165, 1.54) is 5.56 Å². The molecule has 1 saturated heterocycles. The molecular formula is C29H35ClN2O3. The molecule has 35 heavy (non-hydrogen) atoms. The minimum atomic E-state index is -0.588. The van der Waals surface area contributed by atoms with E-state index in [9.17, 15) is 5.11 Å². The number of aliphatic hydroxyl groups excluding tert-OH is 1. The van der Waals surface area contributed by atoms with Gasteiger partial charge in [0.15, 0.2) is 0 Å². The van der Waals surface area contributed by atoms with Gasteiger partial charge in [-0.3, -0.25) is 0 Å². The highest BCUT2D eigenvalue weighted by Gasteiger charge is 2.23. The standard InChI is InChI=1S/C29H35ClN2O3/c1-19-20(2)29(27(30)21(3)28(19)31)34-18-24(33)17-32-15-13-23(14-16-32)22-9-11-26(12-10-22)35-25-7-5-4-6-8-25/h4-12,23-24,33H,13-18,31H2,1-3H3/t24-/m0/s1. The number of likely N-dealkylation sites (tertiary alicyclic amines) is 1. The molecule has 0 amide bonds. The Balaban J connectivity index is 1.25. The van der Waals surface area contributed by atoms with Crippen molar-refractivity contribution in [2.75, 3.05) is 32.0 Å². The fraction of sp³-hybridized carbons (Fsp3) is 0.379. The molecule has 0 spiro atoms. The first-order valence-corrected chi connectivity index (χ1v) is 12.6. The average molecular weight is 495 g/mol. The monoisotopic (exact) mass is 494 g/mol. The molecule has 0 bridgehead atoms. The van der Waals surface area contributed by atoms with Crippen molar-refractivity contribution in [3.8, 4) is 17.2 Å². The smallest absolute Gasteiger partial charge is 0.141 e. The predicted octanol–water partition coefficient (Wildman–Crippen LogP) is 6.26. The van der Waals surface area contributed by atoms with Crippen LogP contribution in [0.4, 0.5) is 5.69 Å². The lowest BCUT2D eigenvalue weighted by Crippen LogP contribution is -2.40. The molecule has 0 aromatic heterocycles. The Morgan fingerprint density at radius 1 is 0.943 bits per heavy atom. The van der Waals surface area contributed by atoms with Gasteiger partial charge < -0.3 is 25.2 Å². The molecule has 3 N–H and O–H groups in total. The summed E-state index contributed by atoms with van der Waals surface area (Å²) in [5.41, 5.74) is 10.9. The van der Waals surface area contributed by atoms with E-state index >= 15 is 0 Å². The molecule has 1 atom stereocenters. The molecule has 4 rings (SSSR count). The highest BCUT2D eigenvalue weighted by atomic mass is 35.5. The van der Waals surface area contributed by atoms with Gasteiger partial charge in [0.1, 0.15) is 30.0 Å². The number of halogens is 1. The van der Waals surface area contributed by atoms with Gasteiger partial charge in [0, 0.05) is 12.2 Å². The van der Waals surface area contributed by atoms with Crippen LogP contribution in [0.3, 0.4) is 0 Å². The van der Waals surface area contributed by atoms with Crippen LogP contribution < -0.4 is 15.2 Å². The van der Waals surface area contributed by atoms with Crippen LogP contribution in [-0.4, -0.2) is 42.4 Å². The molecule has 0 aliphatic carbocycles. The first-order valence-electron chi connectivity index (χ1n) is 12.2.